The van der Waals surface area contributed by atoms with Crippen LogP contribution in [0, 0.1) is 5.92 Å². The molecule has 0 aromatic heterocycles. The van der Waals surface area contributed by atoms with Crippen LogP contribution in [0.2, 0.25) is 0 Å². The number of piperazine rings is 1. The summed E-state index contributed by atoms with van der Waals surface area (Å²) < 4.78 is 0. The summed E-state index contributed by atoms with van der Waals surface area (Å²) >= 11 is 0. The van der Waals surface area contributed by atoms with Gasteiger partial charge in [-0.05, 0) is 25.7 Å². The maximum Gasteiger partial charge on any atom is 0.245 e. The minimum Gasteiger partial charge on any atom is -0.343 e. The lowest BCUT2D eigenvalue weighted by Gasteiger charge is -2.37. The zero-order chi connectivity index (χ0) is 12.3. The van der Waals surface area contributed by atoms with Crippen molar-refractivity contribution in [1.29, 1.82) is 0 Å². The lowest BCUT2D eigenvalue weighted by Crippen LogP contribution is -2.62. The largest absolute Gasteiger partial charge is 0.343 e. The van der Waals surface area contributed by atoms with Crippen LogP contribution in [0.25, 0.3) is 0 Å². The summed E-state index contributed by atoms with van der Waals surface area (Å²) in [4.78, 5) is 25.4. The summed E-state index contributed by atoms with van der Waals surface area (Å²) in [6, 6.07) is -0.648. The molecular weight excluding hydrogens is 204 g/mol. The van der Waals surface area contributed by atoms with Gasteiger partial charge in [-0.25, -0.2) is 0 Å². The van der Waals surface area contributed by atoms with E-state index in [4.69, 9.17) is 0 Å². The lowest BCUT2D eigenvalue weighted by atomic mass is 10.0. The van der Waals surface area contributed by atoms with Crippen molar-refractivity contribution >= 4 is 11.8 Å². The van der Waals surface area contributed by atoms with E-state index in [1.54, 1.807) is 11.8 Å². The van der Waals surface area contributed by atoms with Gasteiger partial charge in [0.2, 0.25) is 11.8 Å². The van der Waals surface area contributed by atoms with Crippen molar-refractivity contribution in [2.45, 2.75) is 52.6 Å². The second-order valence-electron chi connectivity index (χ2n) is 4.86. The zero-order valence-electron chi connectivity index (χ0n) is 10.6. The van der Waals surface area contributed by atoms with Crippen LogP contribution in [-0.2, 0) is 9.59 Å². The van der Waals surface area contributed by atoms with Gasteiger partial charge in [0.1, 0.15) is 12.1 Å². The number of nitrogens with zero attached hydrogens (tertiary/aromatic N) is 1. The van der Waals surface area contributed by atoms with Crippen molar-refractivity contribution in [3.05, 3.63) is 0 Å². The van der Waals surface area contributed by atoms with Crippen molar-refractivity contribution in [2.24, 2.45) is 5.92 Å². The first-order valence-electron chi connectivity index (χ1n) is 6.08. The van der Waals surface area contributed by atoms with Gasteiger partial charge in [-0.1, -0.05) is 20.8 Å². The molecule has 0 saturated carbocycles. The molecule has 1 saturated heterocycles. The van der Waals surface area contributed by atoms with Crippen molar-refractivity contribution < 1.29 is 9.59 Å². The van der Waals surface area contributed by atoms with Crippen molar-refractivity contribution in [3.8, 4) is 0 Å². The third kappa shape index (κ3) is 2.74. The Hall–Kier alpha value is -1.06. The maximum absolute atomic E-state index is 12.0. The van der Waals surface area contributed by atoms with Gasteiger partial charge in [0.05, 0.1) is 0 Å². The number of hydrogen-bond donors (Lipinski definition) is 1. The van der Waals surface area contributed by atoms with E-state index in [1.165, 1.54) is 0 Å². The summed E-state index contributed by atoms with van der Waals surface area (Å²) in [5.74, 6) is 0.579. The highest BCUT2D eigenvalue weighted by Gasteiger charge is 2.36. The fraction of sp³-hybridized carbons (Fsp3) is 0.833. The lowest BCUT2D eigenvalue weighted by molar-refractivity contribution is -0.148. The van der Waals surface area contributed by atoms with Crippen molar-refractivity contribution in [2.75, 3.05) is 6.54 Å². The molecule has 0 bridgehead atoms. The third-order valence-electron chi connectivity index (χ3n) is 3.10. The topological polar surface area (TPSA) is 49.4 Å². The quantitative estimate of drug-likeness (QED) is 0.782. The summed E-state index contributed by atoms with van der Waals surface area (Å²) in [5.41, 5.74) is 0. The molecular formula is C12H22N2O2. The van der Waals surface area contributed by atoms with E-state index in [2.05, 4.69) is 19.2 Å². The molecule has 92 valence electrons. The van der Waals surface area contributed by atoms with Gasteiger partial charge in [-0.3, -0.25) is 9.59 Å². The molecule has 1 N–H and O–H groups in total. The molecule has 1 aliphatic rings. The fourth-order valence-corrected chi connectivity index (χ4v) is 1.86. The number of hydrogen-bond acceptors (Lipinski definition) is 2. The van der Waals surface area contributed by atoms with E-state index >= 15 is 0 Å². The molecule has 1 rings (SSSR count). The highest BCUT2D eigenvalue weighted by Crippen LogP contribution is 2.14. The molecule has 2 amide bonds. The normalized spacial score (nSPS) is 26.2. The van der Waals surface area contributed by atoms with E-state index in [0.717, 1.165) is 6.42 Å². The number of carbonyl (C=O) groups is 2. The maximum atomic E-state index is 12.0. The van der Waals surface area contributed by atoms with Crippen LogP contribution in [0.5, 0.6) is 0 Å². The number of rotatable bonds is 4. The zero-order valence-corrected chi connectivity index (χ0v) is 10.6. The van der Waals surface area contributed by atoms with E-state index in [0.29, 0.717) is 18.9 Å². The van der Waals surface area contributed by atoms with Crippen molar-refractivity contribution in [3.63, 3.8) is 0 Å². The molecule has 4 nitrogen and oxygen atoms in total. The Labute approximate surface area is 97.4 Å². The Morgan fingerprint density at radius 2 is 2.00 bits per heavy atom. The molecule has 1 aliphatic heterocycles. The number of amides is 2. The Bertz CT molecular complexity index is 276. The van der Waals surface area contributed by atoms with Crippen LogP contribution in [-0.4, -0.2) is 35.3 Å². The second kappa shape index (κ2) is 5.32. The summed E-state index contributed by atoms with van der Waals surface area (Å²) in [6.45, 7) is 8.63. The smallest absolute Gasteiger partial charge is 0.245 e. The van der Waals surface area contributed by atoms with Crippen LogP contribution in [0.15, 0.2) is 0 Å². The molecule has 0 aromatic rings. The van der Waals surface area contributed by atoms with Crippen LogP contribution >= 0.6 is 0 Å². The first kappa shape index (κ1) is 13.0. The fourth-order valence-electron chi connectivity index (χ4n) is 1.86. The Morgan fingerprint density at radius 1 is 1.38 bits per heavy atom. The molecule has 2 unspecified atom stereocenters. The van der Waals surface area contributed by atoms with E-state index < -0.39 is 0 Å². The summed E-state index contributed by atoms with van der Waals surface area (Å²) in [7, 11) is 0. The molecule has 0 spiro atoms. The first-order chi connectivity index (χ1) is 7.47. The predicted molar refractivity (Wildman–Crippen MR) is 62.9 cm³/mol. The van der Waals surface area contributed by atoms with Crippen LogP contribution < -0.4 is 5.32 Å². The Balaban J connectivity index is 2.69. The molecule has 0 aliphatic carbocycles. The van der Waals surface area contributed by atoms with Gasteiger partial charge in [0, 0.05) is 6.54 Å². The van der Waals surface area contributed by atoms with Crippen LogP contribution in [0.4, 0.5) is 0 Å². The van der Waals surface area contributed by atoms with Gasteiger partial charge in [0.15, 0.2) is 0 Å². The number of carbonyl (C=O) groups excluding carboxylic acids is 2. The van der Waals surface area contributed by atoms with E-state index in [-0.39, 0.29) is 23.9 Å². The standard InChI is InChI=1S/C12H22N2O2/c1-5-10-12(16)14(7-6-8(2)3)9(4)11(15)13-10/h8-10H,5-7H2,1-4H3,(H,13,15). The van der Waals surface area contributed by atoms with Gasteiger partial charge in [-0.2, -0.15) is 0 Å². The average Bonchev–Trinajstić information content (AvgIpc) is 2.23. The molecule has 1 heterocycles. The summed E-state index contributed by atoms with van der Waals surface area (Å²) in [5, 5.41) is 2.75. The first-order valence-corrected chi connectivity index (χ1v) is 6.08. The molecule has 4 heteroatoms. The number of nitrogens with one attached hydrogen (secondary N) is 1. The van der Waals surface area contributed by atoms with Crippen molar-refractivity contribution in [1.82, 2.24) is 10.2 Å². The molecule has 0 aromatic carbocycles. The molecule has 0 radical (unpaired) electrons. The van der Waals surface area contributed by atoms with E-state index in [9.17, 15) is 9.59 Å². The highest BCUT2D eigenvalue weighted by atomic mass is 16.2. The molecule has 16 heavy (non-hydrogen) atoms. The minimum absolute atomic E-state index is 0.0322. The van der Waals surface area contributed by atoms with Gasteiger partial charge < -0.3 is 10.2 Å². The predicted octanol–water partition coefficient (Wildman–Crippen LogP) is 1.16. The van der Waals surface area contributed by atoms with Crippen LogP contribution in [0.3, 0.4) is 0 Å². The molecule has 1 fully saturated rings. The van der Waals surface area contributed by atoms with Gasteiger partial charge in [-0.15, -0.1) is 0 Å². The van der Waals surface area contributed by atoms with Gasteiger partial charge >= 0.3 is 0 Å². The second-order valence-corrected chi connectivity index (χ2v) is 4.86. The van der Waals surface area contributed by atoms with E-state index in [1.807, 2.05) is 6.92 Å². The Kier molecular flexibility index (Phi) is 4.33. The Morgan fingerprint density at radius 3 is 2.50 bits per heavy atom. The molecule has 2 atom stereocenters. The summed E-state index contributed by atoms with van der Waals surface area (Å²) in [6.07, 6.45) is 1.61. The van der Waals surface area contributed by atoms with Gasteiger partial charge in [0.25, 0.3) is 0 Å². The minimum atomic E-state index is -0.325. The average molecular weight is 226 g/mol. The van der Waals surface area contributed by atoms with Crippen LogP contribution in [0.1, 0.15) is 40.5 Å². The third-order valence-corrected chi connectivity index (χ3v) is 3.10. The SMILES string of the molecule is CCC1NC(=O)C(C)N(CCC(C)C)C1=O. The highest BCUT2D eigenvalue weighted by molar-refractivity contribution is 5.96. The monoisotopic (exact) mass is 226 g/mol.